The van der Waals surface area contributed by atoms with Gasteiger partial charge in [-0.3, -0.25) is 4.79 Å². The smallest absolute Gasteiger partial charge is 0.244 e. The SMILES string of the molecule is Cc1cc(S(=O)(=O)N2CCCCC2CNC(=O)CCN)c(C)s1. The summed E-state index contributed by atoms with van der Waals surface area (Å²) in [4.78, 5) is 13.8. The quantitative estimate of drug-likeness (QED) is 0.802. The van der Waals surface area contributed by atoms with Crippen molar-refractivity contribution >= 4 is 27.3 Å². The van der Waals surface area contributed by atoms with E-state index in [1.165, 1.54) is 11.3 Å². The molecule has 1 aliphatic rings. The fourth-order valence-corrected chi connectivity index (χ4v) is 6.15. The maximum Gasteiger partial charge on any atom is 0.244 e. The van der Waals surface area contributed by atoms with Crippen LogP contribution >= 0.6 is 11.3 Å². The minimum absolute atomic E-state index is 0.127. The highest BCUT2D eigenvalue weighted by Crippen LogP contribution is 2.31. The number of nitrogens with one attached hydrogen (secondary N) is 1. The highest BCUT2D eigenvalue weighted by atomic mass is 32.2. The van der Waals surface area contributed by atoms with E-state index in [0.29, 0.717) is 24.5 Å². The molecule has 1 aliphatic heterocycles. The third-order valence-electron chi connectivity index (χ3n) is 4.06. The maximum absolute atomic E-state index is 13.0. The van der Waals surface area contributed by atoms with Crippen LogP contribution in [-0.4, -0.2) is 44.3 Å². The number of amides is 1. The lowest BCUT2D eigenvalue weighted by Gasteiger charge is -2.34. The van der Waals surface area contributed by atoms with E-state index in [4.69, 9.17) is 5.73 Å². The molecule has 2 heterocycles. The molecule has 0 radical (unpaired) electrons. The van der Waals surface area contributed by atoms with E-state index in [0.717, 1.165) is 29.0 Å². The van der Waals surface area contributed by atoms with E-state index in [2.05, 4.69) is 5.32 Å². The zero-order valence-electron chi connectivity index (χ0n) is 13.7. The van der Waals surface area contributed by atoms with Gasteiger partial charge in [0.15, 0.2) is 0 Å². The number of sulfonamides is 1. The highest BCUT2D eigenvalue weighted by Gasteiger charge is 2.35. The summed E-state index contributed by atoms with van der Waals surface area (Å²) in [7, 11) is -3.51. The van der Waals surface area contributed by atoms with E-state index in [1.807, 2.05) is 13.8 Å². The molecule has 0 spiro atoms. The molecule has 0 bridgehead atoms. The van der Waals surface area contributed by atoms with Crippen molar-refractivity contribution in [2.45, 2.75) is 50.5 Å². The van der Waals surface area contributed by atoms with Gasteiger partial charge in [-0.15, -0.1) is 11.3 Å². The van der Waals surface area contributed by atoms with Gasteiger partial charge in [0, 0.05) is 41.9 Å². The molecular formula is C15H25N3O3S2. The molecule has 1 amide bonds. The van der Waals surface area contributed by atoms with Gasteiger partial charge in [-0.05, 0) is 32.8 Å². The Labute approximate surface area is 142 Å². The maximum atomic E-state index is 13.0. The molecule has 0 aromatic carbocycles. The molecule has 6 nitrogen and oxygen atoms in total. The van der Waals surface area contributed by atoms with E-state index in [1.54, 1.807) is 10.4 Å². The number of nitrogens with zero attached hydrogens (tertiary/aromatic N) is 1. The summed E-state index contributed by atoms with van der Waals surface area (Å²) in [5.41, 5.74) is 5.36. The van der Waals surface area contributed by atoms with Crippen LogP contribution in [0.3, 0.4) is 0 Å². The summed E-state index contributed by atoms with van der Waals surface area (Å²) < 4.78 is 27.6. The van der Waals surface area contributed by atoms with Crippen molar-refractivity contribution in [3.05, 3.63) is 15.8 Å². The van der Waals surface area contributed by atoms with Crippen LogP contribution in [0.4, 0.5) is 0 Å². The summed E-state index contributed by atoms with van der Waals surface area (Å²) >= 11 is 1.50. The minimum atomic E-state index is -3.51. The molecule has 8 heteroatoms. The second-order valence-corrected chi connectivity index (χ2v) is 9.21. The Morgan fingerprint density at radius 2 is 2.17 bits per heavy atom. The predicted molar refractivity (Wildman–Crippen MR) is 92.0 cm³/mol. The lowest BCUT2D eigenvalue weighted by atomic mass is 10.1. The van der Waals surface area contributed by atoms with Crippen molar-refractivity contribution in [3.63, 3.8) is 0 Å². The fourth-order valence-electron chi connectivity index (χ4n) is 2.94. The minimum Gasteiger partial charge on any atom is -0.354 e. The number of nitrogens with two attached hydrogens (primary N) is 1. The van der Waals surface area contributed by atoms with Crippen LogP contribution in [0.15, 0.2) is 11.0 Å². The van der Waals surface area contributed by atoms with Gasteiger partial charge in [-0.2, -0.15) is 4.31 Å². The third kappa shape index (κ3) is 4.32. The zero-order chi connectivity index (χ0) is 17.0. The standard InChI is InChI=1S/C15H25N3O3S2/c1-11-9-14(12(2)22-11)23(20,21)18-8-4-3-5-13(18)10-17-15(19)6-7-16/h9,13H,3-8,10,16H2,1-2H3,(H,17,19). The molecule has 1 aromatic rings. The average Bonchev–Trinajstić information content (AvgIpc) is 2.85. The van der Waals surface area contributed by atoms with Gasteiger partial charge >= 0.3 is 0 Å². The number of hydrogen-bond donors (Lipinski definition) is 2. The molecule has 2 rings (SSSR count). The Morgan fingerprint density at radius 1 is 1.43 bits per heavy atom. The van der Waals surface area contributed by atoms with Crippen LogP contribution < -0.4 is 11.1 Å². The first-order valence-corrected chi connectivity index (χ1v) is 10.2. The van der Waals surface area contributed by atoms with Crippen molar-refractivity contribution in [2.75, 3.05) is 19.6 Å². The topological polar surface area (TPSA) is 92.5 Å². The monoisotopic (exact) mass is 359 g/mol. The molecule has 1 atom stereocenters. The summed E-state index contributed by atoms with van der Waals surface area (Å²) in [6.45, 7) is 4.91. The molecule has 1 saturated heterocycles. The van der Waals surface area contributed by atoms with Crippen molar-refractivity contribution in [1.29, 1.82) is 0 Å². The van der Waals surface area contributed by atoms with Crippen LogP contribution in [-0.2, 0) is 14.8 Å². The first-order chi connectivity index (χ1) is 10.9. The second-order valence-electron chi connectivity index (χ2n) is 5.89. The molecule has 1 aromatic heterocycles. The Bertz CT molecular complexity index is 655. The average molecular weight is 360 g/mol. The van der Waals surface area contributed by atoms with Crippen molar-refractivity contribution in [3.8, 4) is 0 Å². The van der Waals surface area contributed by atoms with Gasteiger partial charge in [-0.1, -0.05) is 6.42 Å². The molecule has 0 aliphatic carbocycles. The van der Waals surface area contributed by atoms with E-state index < -0.39 is 10.0 Å². The number of aryl methyl sites for hydroxylation is 2. The number of carbonyl (C=O) groups is 1. The van der Waals surface area contributed by atoms with E-state index in [9.17, 15) is 13.2 Å². The van der Waals surface area contributed by atoms with Crippen molar-refractivity contribution in [2.24, 2.45) is 5.73 Å². The molecule has 0 saturated carbocycles. The van der Waals surface area contributed by atoms with Gasteiger partial charge < -0.3 is 11.1 Å². The first kappa shape index (κ1) is 18.4. The summed E-state index contributed by atoms with van der Waals surface area (Å²) in [5.74, 6) is -0.127. The van der Waals surface area contributed by atoms with Gasteiger partial charge in [0.05, 0.1) is 4.90 Å². The van der Waals surface area contributed by atoms with Crippen LogP contribution in [0.25, 0.3) is 0 Å². The highest BCUT2D eigenvalue weighted by molar-refractivity contribution is 7.89. The van der Waals surface area contributed by atoms with Crippen molar-refractivity contribution < 1.29 is 13.2 Å². The van der Waals surface area contributed by atoms with Gasteiger partial charge in [0.25, 0.3) is 0 Å². The van der Waals surface area contributed by atoms with Gasteiger partial charge in [-0.25, -0.2) is 8.42 Å². The Kier molecular flexibility index (Phi) is 6.19. The number of piperidine rings is 1. The number of thiophene rings is 1. The Hall–Kier alpha value is -0.960. The summed E-state index contributed by atoms with van der Waals surface area (Å²) in [5, 5.41) is 2.80. The second kappa shape index (κ2) is 7.74. The van der Waals surface area contributed by atoms with Crippen LogP contribution in [0.5, 0.6) is 0 Å². The molecule has 1 unspecified atom stereocenters. The molecule has 23 heavy (non-hydrogen) atoms. The molecule has 1 fully saturated rings. The van der Waals surface area contributed by atoms with Gasteiger partial charge in [0.1, 0.15) is 0 Å². The Morgan fingerprint density at radius 3 is 2.78 bits per heavy atom. The number of carbonyl (C=O) groups excluding carboxylic acids is 1. The largest absolute Gasteiger partial charge is 0.354 e. The molecular weight excluding hydrogens is 334 g/mol. The zero-order valence-corrected chi connectivity index (χ0v) is 15.3. The molecule has 130 valence electrons. The van der Waals surface area contributed by atoms with Crippen LogP contribution in [0.2, 0.25) is 0 Å². The lowest BCUT2D eigenvalue weighted by Crippen LogP contribution is -2.49. The van der Waals surface area contributed by atoms with E-state index in [-0.39, 0.29) is 18.4 Å². The van der Waals surface area contributed by atoms with Crippen LogP contribution in [0.1, 0.15) is 35.4 Å². The predicted octanol–water partition coefficient (Wildman–Crippen LogP) is 1.37. The summed E-state index contributed by atoms with van der Waals surface area (Å²) in [6, 6.07) is 1.56. The fraction of sp³-hybridized carbons (Fsp3) is 0.667. The van der Waals surface area contributed by atoms with Crippen LogP contribution in [0, 0.1) is 13.8 Å². The molecule has 3 N–H and O–H groups in total. The third-order valence-corrected chi connectivity index (χ3v) is 7.23. The lowest BCUT2D eigenvalue weighted by molar-refractivity contribution is -0.121. The van der Waals surface area contributed by atoms with Crippen molar-refractivity contribution in [1.82, 2.24) is 9.62 Å². The van der Waals surface area contributed by atoms with Gasteiger partial charge in [0.2, 0.25) is 15.9 Å². The summed E-state index contributed by atoms with van der Waals surface area (Å²) in [6.07, 6.45) is 2.87. The number of rotatable bonds is 6. The normalized spacial score (nSPS) is 19.7. The number of hydrogen-bond acceptors (Lipinski definition) is 5. The Balaban J connectivity index is 2.17. The van der Waals surface area contributed by atoms with E-state index >= 15 is 0 Å². The first-order valence-electron chi connectivity index (χ1n) is 7.92.